The minimum Gasteiger partial charge on any atom is -0.468 e. The Morgan fingerprint density at radius 1 is 1.29 bits per heavy atom. The van der Waals surface area contributed by atoms with E-state index in [0.29, 0.717) is 0 Å². The maximum absolute atomic E-state index is 13.9. The van der Waals surface area contributed by atoms with Gasteiger partial charge in [0.15, 0.2) is 6.23 Å². The highest BCUT2D eigenvalue weighted by Gasteiger charge is 2.64. The number of methoxy groups -OCH3 is 1. The monoisotopic (exact) mass is 511 g/mol. The molecule has 35 heavy (non-hydrogen) atoms. The fourth-order valence-electron chi connectivity index (χ4n) is 3.93. The third-order valence-electron chi connectivity index (χ3n) is 5.73. The molecule has 0 aliphatic carbocycles. The number of rotatable bonds is 8. The Balaban J connectivity index is 1.66. The molecule has 4 rings (SSSR count). The van der Waals surface area contributed by atoms with E-state index in [1.807, 2.05) is 0 Å². The number of aromatic amines is 1. The summed E-state index contributed by atoms with van der Waals surface area (Å²) in [5.41, 5.74) is -4.33. The standard InChI is InChI=1S/C21H26N3O10P/c1-20(2,18(27)30-3)23-35(29,33-13-7-5-4-6-8-13)34-16-15(26)21(10-12-31-21)17(32-16)24-11-9-14(25)22-19(24)28/h4-9,11,15-17,26H,10,12H2,1-3H3,(H,23,29)(H,22,25,28)/t15-,16?,17-,21-,35?/m1/s1. The van der Waals surface area contributed by atoms with Gasteiger partial charge in [0.1, 0.15) is 23.0 Å². The highest BCUT2D eigenvalue weighted by atomic mass is 31.2. The van der Waals surface area contributed by atoms with Crippen molar-refractivity contribution < 1.29 is 37.7 Å². The molecule has 2 unspecified atom stereocenters. The summed E-state index contributed by atoms with van der Waals surface area (Å²) in [6.45, 7) is 3.09. The lowest BCUT2D eigenvalue weighted by Gasteiger charge is -2.43. The summed E-state index contributed by atoms with van der Waals surface area (Å²) in [7, 11) is -3.26. The van der Waals surface area contributed by atoms with Gasteiger partial charge in [-0.05, 0) is 26.0 Å². The summed E-state index contributed by atoms with van der Waals surface area (Å²) in [5, 5.41) is 13.6. The molecule has 13 nitrogen and oxygen atoms in total. The lowest BCUT2D eigenvalue weighted by Crippen LogP contribution is -2.57. The normalized spacial score (nSPS) is 27.7. The number of nitrogens with one attached hydrogen (secondary N) is 2. The molecule has 0 radical (unpaired) electrons. The van der Waals surface area contributed by atoms with Crippen LogP contribution in [0.3, 0.4) is 0 Å². The van der Waals surface area contributed by atoms with Gasteiger partial charge >= 0.3 is 19.4 Å². The first kappa shape index (κ1) is 25.3. The van der Waals surface area contributed by atoms with E-state index in [4.69, 9.17) is 23.3 Å². The Kier molecular flexibility index (Phi) is 6.75. The predicted molar refractivity (Wildman–Crippen MR) is 120 cm³/mol. The minimum atomic E-state index is -4.43. The second-order valence-corrected chi connectivity index (χ2v) is 10.2. The maximum atomic E-state index is 13.9. The van der Waals surface area contributed by atoms with E-state index in [9.17, 15) is 24.1 Å². The van der Waals surface area contributed by atoms with Crippen molar-refractivity contribution >= 4 is 13.7 Å². The van der Waals surface area contributed by atoms with E-state index in [0.717, 1.165) is 10.6 Å². The van der Waals surface area contributed by atoms with E-state index >= 15 is 0 Å². The third kappa shape index (κ3) is 4.83. The number of hydrogen-bond acceptors (Lipinski definition) is 10. The van der Waals surface area contributed by atoms with Gasteiger partial charge in [-0.2, -0.15) is 5.09 Å². The molecule has 2 aromatic rings. The number of H-pyrrole nitrogens is 1. The van der Waals surface area contributed by atoms with E-state index in [2.05, 4.69) is 10.1 Å². The van der Waals surface area contributed by atoms with Crippen LogP contribution in [0.15, 0.2) is 52.2 Å². The first-order valence-corrected chi connectivity index (χ1v) is 12.2. The van der Waals surface area contributed by atoms with Crippen molar-refractivity contribution in [2.75, 3.05) is 13.7 Å². The van der Waals surface area contributed by atoms with Gasteiger partial charge in [0.05, 0.1) is 13.7 Å². The van der Waals surface area contributed by atoms with Crippen LogP contribution in [0.1, 0.15) is 26.5 Å². The predicted octanol–water partition coefficient (Wildman–Crippen LogP) is 0.656. The highest BCUT2D eigenvalue weighted by molar-refractivity contribution is 7.52. The summed E-state index contributed by atoms with van der Waals surface area (Å²) >= 11 is 0. The number of ether oxygens (including phenoxy) is 3. The van der Waals surface area contributed by atoms with Crippen LogP contribution in [0, 0.1) is 0 Å². The number of hydrogen-bond donors (Lipinski definition) is 3. The van der Waals surface area contributed by atoms with Crippen LogP contribution in [0.25, 0.3) is 0 Å². The van der Waals surface area contributed by atoms with E-state index in [1.165, 1.54) is 39.3 Å². The first-order valence-electron chi connectivity index (χ1n) is 10.7. The van der Waals surface area contributed by atoms with E-state index < -0.39 is 54.7 Å². The topological polar surface area (TPSA) is 167 Å². The molecule has 1 aromatic heterocycles. The van der Waals surface area contributed by atoms with Crippen LogP contribution >= 0.6 is 7.75 Å². The van der Waals surface area contributed by atoms with Crippen molar-refractivity contribution in [2.24, 2.45) is 0 Å². The molecular weight excluding hydrogens is 485 g/mol. The minimum absolute atomic E-state index is 0.152. The number of esters is 1. The maximum Gasteiger partial charge on any atom is 0.462 e. The van der Waals surface area contributed by atoms with Crippen LogP contribution in [-0.4, -0.2) is 57.9 Å². The van der Waals surface area contributed by atoms with Gasteiger partial charge in [-0.15, -0.1) is 0 Å². The molecule has 0 amide bonds. The molecule has 5 atom stereocenters. The quantitative estimate of drug-likeness (QED) is 0.336. The van der Waals surface area contributed by atoms with Crippen molar-refractivity contribution in [1.29, 1.82) is 0 Å². The van der Waals surface area contributed by atoms with Crippen LogP contribution in [0.4, 0.5) is 0 Å². The summed E-state index contributed by atoms with van der Waals surface area (Å²) < 4.78 is 42.4. The zero-order chi connectivity index (χ0) is 25.4. The van der Waals surface area contributed by atoms with Crippen molar-refractivity contribution in [3.63, 3.8) is 0 Å². The number of aliphatic hydroxyl groups is 1. The lowest BCUT2D eigenvalue weighted by atomic mass is 9.88. The molecule has 14 heteroatoms. The average Bonchev–Trinajstić information content (AvgIpc) is 3.05. The summed E-state index contributed by atoms with van der Waals surface area (Å²) in [6, 6.07) is 9.16. The van der Waals surface area contributed by atoms with E-state index in [1.54, 1.807) is 18.2 Å². The SMILES string of the molecule is COC(=O)C(C)(C)NP(=O)(Oc1ccccc1)OC1O[C@@H](n2ccc(=O)[nH]c2=O)[C@@]2(CCO2)[C@@H]1O. The van der Waals surface area contributed by atoms with Gasteiger partial charge in [-0.1, -0.05) is 18.2 Å². The highest BCUT2D eigenvalue weighted by Crippen LogP contribution is 2.54. The number of carbonyl (C=O) groups is 1. The molecule has 2 fully saturated rings. The van der Waals surface area contributed by atoms with Crippen molar-refractivity contribution in [3.05, 3.63) is 63.4 Å². The number of aliphatic hydroxyl groups excluding tert-OH is 1. The number of para-hydroxylation sites is 1. The second kappa shape index (κ2) is 9.34. The number of aromatic nitrogens is 2. The number of benzene rings is 1. The van der Waals surface area contributed by atoms with Crippen molar-refractivity contribution in [1.82, 2.24) is 14.6 Å². The fraction of sp³-hybridized carbons (Fsp3) is 0.476. The zero-order valence-corrected chi connectivity index (χ0v) is 20.1. The Labute approximate surface area is 199 Å². The molecule has 0 saturated carbocycles. The van der Waals surface area contributed by atoms with E-state index in [-0.39, 0.29) is 18.8 Å². The third-order valence-corrected chi connectivity index (χ3v) is 7.50. The van der Waals surface area contributed by atoms with Crippen LogP contribution < -0.4 is 20.9 Å². The molecular formula is C21H26N3O10P. The Bertz CT molecular complexity index is 1240. The molecule has 3 N–H and O–H groups in total. The molecule has 0 bridgehead atoms. The van der Waals surface area contributed by atoms with Gasteiger partial charge in [0.25, 0.3) is 5.56 Å². The number of carbonyl (C=O) groups excluding carboxylic acids is 1. The molecule has 3 heterocycles. The molecule has 1 spiro atoms. The van der Waals surface area contributed by atoms with Gasteiger partial charge < -0.3 is 23.8 Å². The Hall–Kier alpha value is -2.80. The Morgan fingerprint density at radius 2 is 1.97 bits per heavy atom. The van der Waals surface area contributed by atoms with Crippen LogP contribution in [0.2, 0.25) is 0 Å². The van der Waals surface area contributed by atoms with Gasteiger partial charge in [-0.3, -0.25) is 23.7 Å². The second-order valence-electron chi connectivity index (χ2n) is 8.61. The van der Waals surface area contributed by atoms with Crippen molar-refractivity contribution in [3.8, 4) is 5.75 Å². The van der Waals surface area contributed by atoms with Gasteiger partial charge in [-0.25, -0.2) is 9.36 Å². The largest absolute Gasteiger partial charge is 0.468 e. The molecule has 2 saturated heterocycles. The fourth-order valence-corrected chi connectivity index (χ4v) is 5.68. The Morgan fingerprint density at radius 3 is 2.54 bits per heavy atom. The first-order chi connectivity index (χ1) is 16.5. The number of nitrogens with zero attached hydrogens (tertiary/aromatic N) is 1. The molecule has 2 aliphatic heterocycles. The molecule has 190 valence electrons. The smallest absolute Gasteiger partial charge is 0.462 e. The van der Waals surface area contributed by atoms with Crippen LogP contribution in [-0.2, 0) is 28.1 Å². The average molecular weight is 511 g/mol. The molecule has 2 aliphatic rings. The summed E-state index contributed by atoms with van der Waals surface area (Å²) in [5.74, 6) is -0.596. The molecule has 1 aromatic carbocycles. The zero-order valence-electron chi connectivity index (χ0n) is 19.2. The van der Waals surface area contributed by atoms with Crippen LogP contribution in [0.5, 0.6) is 5.75 Å². The van der Waals surface area contributed by atoms with Gasteiger partial charge in [0.2, 0.25) is 6.29 Å². The lowest BCUT2D eigenvalue weighted by molar-refractivity contribution is -0.227. The van der Waals surface area contributed by atoms with Crippen molar-refractivity contribution in [2.45, 2.75) is 50.0 Å². The summed E-state index contributed by atoms with van der Waals surface area (Å²) in [6.07, 6.45) is -2.83. The summed E-state index contributed by atoms with van der Waals surface area (Å²) in [4.78, 5) is 38.2. The van der Waals surface area contributed by atoms with Gasteiger partial charge in [0, 0.05) is 18.7 Å².